The van der Waals surface area contributed by atoms with E-state index in [1.807, 2.05) is 11.8 Å². The minimum absolute atomic E-state index is 0.290. The standard InChI is InChI=1S/C30H21BSSi/c1-3-12-22(13-4-1)33(23-14-5-2-6-15-23)28-20-10-8-17-25(28)31-24-16-7-9-18-26(24)32-27-19-11-21-29(33)30(27)31/h1-21H. The molecule has 3 heteroatoms. The zero-order valence-electron chi connectivity index (χ0n) is 18.1. The van der Waals surface area contributed by atoms with Crippen LogP contribution >= 0.6 is 11.8 Å². The summed E-state index contributed by atoms with van der Waals surface area (Å²) in [7, 11) is -2.47. The van der Waals surface area contributed by atoms with Crippen molar-refractivity contribution in [3.63, 3.8) is 0 Å². The highest BCUT2D eigenvalue weighted by atomic mass is 32.2. The molecule has 0 unspecified atom stereocenters. The molecule has 0 atom stereocenters. The Labute approximate surface area is 200 Å². The van der Waals surface area contributed by atoms with Crippen molar-refractivity contribution in [2.24, 2.45) is 0 Å². The van der Waals surface area contributed by atoms with Crippen LogP contribution in [0.15, 0.2) is 137 Å². The molecule has 0 aliphatic carbocycles. The second kappa shape index (κ2) is 7.38. The Kier molecular flexibility index (Phi) is 4.30. The summed E-state index contributed by atoms with van der Waals surface area (Å²) in [6.45, 7) is 0.290. The van der Waals surface area contributed by atoms with Crippen LogP contribution in [0, 0.1) is 0 Å². The molecule has 33 heavy (non-hydrogen) atoms. The fourth-order valence-corrected chi connectivity index (χ4v) is 12.6. The molecule has 7 rings (SSSR count). The molecule has 154 valence electrons. The smallest absolute Gasteiger partial charge is 0.0912 e. The lowest BCUT2D eigenvalue weighted by Gasteiger charge is -2.44. The summed E-state index contributed by atoms with van der Waals surface area (Å²) in [5.41, 5.74) is 4.45. The van der Waals surface area contributed by atoms with Crippen molar-refractivity contribution in [1.29, 1.82) is 0 Å². The molecule has 5 aromatic carbocycles. The molecule has 0 aromatic heterocycles. The van der Waals surface area contributed by atoms with Gasteiger partial charge in [-0.15, -0.1) is 0 Å². The number of benzene rings is 5. The number of fused-ring (bicyclic) bond motifs is 4. The van der Waals surface area contributed by atoms with Crippen molar-refractivity contribution in [3.8, 4) is 0 Å². The summed E-state index contributed by atoms with van der Waals surface area (Å²) in [5, 5.41) is 5.99. The third-order valence-corrected chi connectivity index (χ3v) is 13.4. The van der Waals surface area contributed by atoms with Crippen molar-refractivity contribution in [2.45, 2.75) is 9.79 Å². The lowest BCUT2D eigenvalue weighted by molar-refractivity contribution is 1.43. The van der Waals surface area contributed by atoms with E-state index in [9.17, 15) is 0 Å². The molecule has 5 aromatic rings. The Morgan fingerprint density at radius 1 is 0.455 bits per heavy atom. The molecular weight excluding hydrogens is 431 g/mol. The van der Waals surface area contributed by atoms with Crippen LogP contribution in [-0.4, -0.2) is 14.8 Å². The van der Waals surface area contributed by atoms with Crippen LogP contribution in [0.5, 0.6) is 0 Å². The molecule has 0 nitrogen and oxygen atoms in total. The van der Waals surface area contributed by atoms with E-state index in [4.69, 9.17) is 0 Å². The SMILES string of the molecule is c1ccc([Si]2(c3ccccc3)c3ccccc3B3c4ccccc4Sc4cccc2c43)cc1. The third kappa shape index (κ3) is 2.61. The topological polar surface area (TPSA) is 0 Å². The first-order chi connectivity index (χ1) is 16.4. The highest BCUT2D eigenvalue weighted by Crippen LogP contribution is 2.30. The maximum Gasteiger partial charge on any atom is 0.243 e. The molecule has 2 aliphatic rings. The Morgan fingerprint density at radius 2 is 1.00 bits per heavy atom. The van der Waals surface area contributed by atoms with Crippen LogP contribution in [0.25, 0.3) is 0 Å². The van der Waals surface area contributed by atoms with Gasteiger partial charge in [0.15, 0.2) is 8.07 Å². The van der Waals surface area contributed by atoms with Gasteiger partial charge in [-0.25, -0.2) is 0 Å². The molecule has 0 spiro atoms. The second-order valence-electron chi connectivity index (χ2n) is 8.86. The van der Waals surface area contributed by atoms with E-state index < -0.39 is 8.07 Å². The zero-order valence-corrected chi connectivity index (χ0v) is 19.9. The third-order valence-electron chi connectivity index (χ3n) is 7.30. The zero-order chi connectivity index (χ0) is 21.8. The Hall–Kier alpha value is -3.27. The van der Waals surface area contributed by atoms with Gasteiger partial charge in [0.2, 0.25) is 6.71 Å². The van der Waals surface area contributed by atoms with Gasteiger partial charge in [0, 0.05) is 9.79 Å². The molecule has 2 heterocycles. The lowest BCUT2D eigenvalue weighted by atomic mass is 9.36. The molecule has 0 radical (unpaired) electrons. The highest BCUT2D eigenvalue weighted by Gasteiger charge is 2.51. The first kappa shape index (κ1) is 19.2. The van der Waals surface area contributed by atoms with Crippen molar-refractivity contribution in [3.05, 3.63) is 127 Å². The molecule has 0 saturated carbocycles. The van der Waals surface area contributed by atoms with E-state index in [0.717, 1.165) is 0 Å². The average Bonchev–Trinajstić information content (AvgIpc) is 2.90. The van der Waals surface area contributed by atoms with Gasteiger partial charge < -0.3 is 0 Å². The Bertz CT molecular complexity index is 1460. The van der Waals surface area contributed by atoms with Gasteiger partial charge in [-0.1, -0.05) is 143 Å². The van der Waals surface area contributed by atoms with Gasteiger partial charge in [-0.3, -0.25) is 0 Å². The monoisotopic (exact) mass is 452 g/mol. The molecule has 0 amide bonds. The molecule has 0 saturated heterocycles. The fraction of sp³-hybridized carbons (Fsp3) is 0. The first-order valence-electron chi connectivity index (χ1n) is 11.5. The second-order valence-corrected chi connectivity index (χ2v) is 13.7. The number of hydrogen-bond acceptors (Lipinski definition) is 1. The summed E-state index contributed by atoms with van der Waals surface area (Å²) in [6.07, 6.45) is 0. The lowest BCUT2D eigenvalue weighted by Crippen LogP contribution is -2.87. The number of hydrogen-bond donors (Lipinski definition) is 0. The quantitative estimate of drug-likeness (QED) is 0.363. The van der Waals surface area contributed by atoms with Gasteiger partial charge in [-0.05, 0) is 32.9 Å². The summed E-state index contributed by atoms with van der Waals surface area (Å²) >= 11 is 1.94. The van der Waals surface area contributed by atoms with E-state index in [2.05, 4.69) is 127 Å². The average molecular weight is 452 g/mol. The van der Waals surface area contributed by atoms with Gasteiger partial charge >= 0.3 is 0 Å². The Balaban J connectivity index is 1.68. The van der Waals surface area contributed by atoms with Crippen LogP contribution in [0.4, 0.5) is 0 Å². The minimum atomic E-state index is -2.47. The van der Waals surface area contributed by atoms with Gasteiger partial charge in [0.1, 0.15) is 0 Å². The molecule has 0 N–H and O–H groups in total. The normalized spacial score (nSPS) is 14.7. The van der Waals surface area contributed by atoms with Crippen LogP contribution in [0.2, 0.25) is 0 Å². The summed E-state index contributed by atoms with van der Waals surface area (Å²) in [6, 6.07) is 47.9. The molecule has 0 bridgehead atoms. The van der Waals surface area contributed by atoms with Crippen molar-refractivity contribution in [1.82, 2.24) is 0 Å². The van der Waals surface area contributed by atoms with E-state index in [1.165, 1.54) is 41.7 Å². The van der Waals surface area contributed by atoms with E-state index >= 15 is 0 Å². The maximum absolute atomic E-state index is 2.47. The first-order valence-corrected chi connectivity index (χ1v) is 14.3. The van der Waals surface area contributed by atoms with Crippen LogP contribution in [-0.2, 0) is 0 Å². The van der Waals surface area contributed by atoms with E-state index in [0.29, 0.717) is 0 Å². The van der Waals surface area contributed by atoms with E-state index in [1.54, 1.807) is 5.19 Å². The maximum atomic E-state index is 2.43. The van der Waals surface area contributed by atoms with Crippen molar-refractivity contribution in [2.75, 3.05) is 0 Å². The molecule has 2 aliphatic heterocycles. The van der Waals surface area contributed by atoms with Crippen LogP contribution in [0.1, 0.15) is 0 Å². The fourth-order valence-electron chi connectivity index (χ4n) is 6.07. The van der Waals surface area contributed by atoms with Crippen LogP contribution in [0.3, 0.4) is 0 Å². The minimum Gasteiger partial charge on any atom is -0.0912 e. The number of rotatable bonds is 2. The Morgan fingerprint density at radius 3 is 1.73 bits per heavy atom. The summed E-state index contributed by atoms with van der Waals surface area (Å²) in [5.74, 6) is 0. The van der Waals surface area contributed by atoms with Gasteiger partial charge in [0.25, 0.3) is 0 Å². The van der Waals surface area contributed by atoms with Crippen LogP contribution < -0.4 is 37.1 Å². The van der Waals surface area contributed by atoms with Gasteiger partial charge in [-0.2, -0.15) is 0 Å². The largest absolute Gasteiger partial charge is 0.243 e. The van der Waals surface area contributed by atoms with E-state index in [-0.39, 0.29) is 6.71 Å². The van der Waals surface area contributed by atoms with Gasteiger partial charge in [0.05, 0.1) is 0 Å². The highest BCUT2D eigenvalue weighted by molar-refractivity contribution is 8.00. The molecule has 0 fully saturated rings. The molecular formula is C30H21BSSi. The van der Waals surface area contributed by atoms with Crippen molar-refractivity contribution >= 4 is 63.7 Å². The van der Waals surface area contributed by atoms with Crippen molar-refractivity contribution < 1.29 is 0 Å². The predicted octanol–water partition coefficient (Wildman–Crippen LogP) is 2.36. The summed E-state index contributed by atoms with van der Waals surface area (Å²) < 4.78 is 0. The predicted molar refractivity (Wildman–Crippen MR) is 145 cm³/mol. The summed E-state index contributed by atoms with van der Waals surface area (Å²) in [4.78, 5) is 2.80.